The maximum atomic E-state index is 4.08. The Morgan fingerprint density at radius 3 is 2.85 bits per heavy atom. The van der Waals surface area contributed by atoms with Crippen LogP contribution in [0.4, 0.5) is 0 Å². The van der Waals surface area contributed by atoms with E-state index in [2.05, 4.69) is 38.1 Å². The highest BCUT2D eigenvalue weighted by atomic mass is 15.1. The molecule has 1 rings (SSSR count). The van der Waals surface area contributed by atoms with Gasteiger partial charge in [-0.25, -0.2) is 0 Å². The molecule has 0 aromatic carbocycles. The largest absolute Gasteiger partial charge is 0.374 e. The normalized spacial score (nSPS) is 20.9. The second-order valence-corrected chi connectivity index (χ2v) is 3.67. The fourth-order valence-corrected chi connectivity index (χ4v) is 1.56. The van der Waals surface area contributed by atoms with Gasteiger partial charge < -0.3 is 4.90 Å². The van der Waals surface area contributed by atoms with Crippen LogP contribution >= 0.6 is 0 Å². The Bertz CT molecular complexity index is 248. The van der Waals surface area contributed by atoms with E-state index in [4.69, 9.17) is 0 Å². The van der Waals surface area contributed by atoms with Crippen molar-refractivity contribution in [3.05, 3.63) is 36.1 Å². The summed E-state index contributed by atoms with van der Waals surface area (Å²) in [7, 11) is 2.12. The number of likely N-dealkylation sites (N-methyl/N-ethyl adjacent to an activating group) is 1. The monoisotopic (exact) mass is 177 g/mol. The maximum Gasteiger partial charge on any atom is 0.0392 e. The average Bonchev–Trinajstić information content (AvgIpc) is 2.11. The third-order valence-corrected chi connectivity index (χ3v) is 2.54. The number of likely N-dealkylation sites (tertiary alicyclic amines) is 1. The van der Waals surface area contributed by atoms with Crippen LogP contribution in [0.1, 0.15) is 26.2 Å². The van der Waals surface area contributed by atoms with Crippen molar-refractivity contribution in [2.45, 2.75) is 26.2 Å². The molecule has 1 nitrogen and oxygen atoms in total. The molecule has 0 aromatic heterocycles. The Balaban J connectivity index is 2.79. The van der Waals surface area contributed by atoms with Crippen LogP contribution in [0, 0.1) is 0 Å². The van der Waals surface area contributed by atoms with Gasteiger partial charge in [0.2, 0.25) is 0 Å². The van der Waals surface area contributed by atoms with Crippen molar-refractivity contribution >= 4 is 0 Å². The fraction of sp³-hybridized carbons (Fsp3) is 0.500. The third kappa shape index (κ3) is 2.48. The van der Waals surface area contributed by atoms with Crippen molar-refractivity contribution in [1.29, 1.82) is 0 Å². The van der Waals surface area contributed by atoms with E-state index in [1.165, 1.54) is 23.3 Å². The second kappa shape index (κ2) is 4.31. The molecule has 0 bridgehead atoms. The molecule has 0 unspecified atom stereocenters. The number of rotatable bonds is 2. The minimum atomic E-state index is 1.02. The fourth-order valence-electron chi connectivity index (χ4n) is 1.56. The minimum absolute atomic E-state index is 1.02. The summed E-state index contributed by atoms with van der Waals surface area (Å²) >= 11 is 0. The SMILES string of the molecule is C=C(/C=C1\C(=C)CCCN1C)CC. The van der Waals surface area contributed by atoms with Crippen molar-refractivity contribution in [2.75, 3.05) is 13.6 Å². The van der Waals surface area contributed by atoms with Gasteiger partial charge in [0.15, 0.2) is 0 Å². The maximum absolute atomic E-state index is 4.08. The van der Waals surface area contributed by atoms with Gasteiger partial charge in [-0.05, 0) is 30.9 Å². The molecule has 0 spiro atoms. The Hall–Kier alpha value is -0.980. The quantitative estimate of drug-likeness (QED) is 0.626. The molecule has 0 aliphatic carbocycles. The molecule has 72 valence electrons. The van der Waals surface area contributed by atoms with Gasteiger partial charge in [-0.15, -0.1) is 0 Å². The smallest absolute Gasteiger partial charge is 0.0392 e. The lowest BCUT2D eigenvalue weighted by Crippen LogP contribution is -2.24. The molecule has 0 atom stereocenters. The molecule has 1 aliphatic heterocycles. The molecule has 1 heteroatoms. The Morgan fingerprint density at radius 2 is 2.31 bits per heavy atom. The number of allylic oxidation sites excluding steroid dienone is 3. The molecular weight excluding hydrogens is 158 g/mol. The lowest BCUT2D eigenvalue weighted by molar-refractivity contribution is 0.384. The molecule has 0 N–H and O–H groups in total. The molecule has 1 fully saturated rings. The Morgan fingerprint density at radius 1 is 1.62 bits per heavy atom. The van der Waals surface area contributed by atoms with Gasteiger partial charge in [-0.3, -0.25) is 0 Å². The van der Waals surface area contributed by atoms with Gasteiger partial charge in [0.1, 0.15) is 0 Å². The second-order valence-electron chi connectivity index (χ2n) is 3.67. The van der Waals surface area contributed by atoms with Crippen LogP contribution in [0.3, 0.4) is 0 Å². The first-order valence-corrected chi connectivity index (χ1v) is 4.94. The zero-order chi connectivity index (χ0) is 9.84. The van der Waals surface area contributed by atoms with E-state index in [-0.39, 0.29) is 0 Å². The number of hydrogen-bond donors (Lipinski definition) is 0. The van der Waals surface area contributed by atoms with Crippen LogP contribution < -0.4 is 0 Å². The Kier molecular flexibility index (Phi) is 3.35. The van der Waals surface area contributed by atoms with Crippen LogP contribution in [0.5, 0.6) is 0 Å². The van der Waals surface area contributed by atoms with Crippen LogP contribution in [0.2, 0.25) is 0 Å². The van der Waals surface area contributed by atoms with Crippen LogP contribution in [-0.4, -0.2) is 18.5 Å². The topological polar surface area (TPSA) is 3.24 Å². The zero-order valence-electron chi connectivity index (χ0n) is 8.77. The molecule has 1 heterocycles. The summed E-state index contributed by atoms with van der Waals surface area (Å²) in [5.41, 5.74) is 3.71. The molecule has 13 heavy (non-hydrogen) atoms. The zero-order valence-corrected chi connectivity index (χ0v) is 8.77. The summed E-state index contributed by atoms with van der Waals surface area (Å²) in [5.74, 6) is 0. The van der Waals surface area contributed by atoms with E-state index in [9.17, 15) is 0 Å². The molecule has 1 saturated heterocycles. The van der Waals surface area contributed by atoms with E-state index in [0.717, 1.165) is 19.4 Å². The predicted octanol–water partition coefficient (Wildman–Crippen LogP) is 3.12. The van der Waals surface area contributed by atoms with Crippen LogP contribution in [-0.2, 0) is 0 Å². The lowest BCUT2D eigenvalue weighted by Gasteiger charge is -2.29. The summed E-state index contributed by atoms with van der Waals surface area (Å²) in [4.78, 5) is 2.27. The summed E-state index contributed by atoms with van der Waals surface area (Å²) < 4.78 is 0. The van der Waals surface area contributed by atoms with Crippen molar-refractivity contribution in [1.82, 2.24) is 4.90 Å². The first-order valence-electron chi connectivity index (χ1n) is 4.94. The molecule has 0 amide bonds. The van der Waals surface area contributed by atoms with Gasteiger partial charge in [0.05, 0.1) is 0 Å². The first-order chi connectivity index (χ1) is 6.15. The standard InChI is InChI=1S/C12H19N/c1-5-10(2)9-12-11(3)7-6-8-13(12)4/h9H,2-3,5-8H2,1,4H3/b12-9+. The minimum Gasteiger partial charge on any atom is -0.374 e. The average molecular weight is 177 g/mol. The summed E-state index contributed by atoms with van der Waals surface area (Å²) in [5, 5.41) is 0. The molecule has 0 saturated carbocycles. The molecule has 0 radical (unpaired) electrons. The van der Waals surface area contributed by atoms with E-state index in [1.807, 2.05) is 0 Å². The lowest BCUT2D eigenvalue weighted by atomic mass is 10.0. The van der Waals surface area contributed by atoms with Crippen molar-refractivity contribution in [2.24, 2.45) is 0 Å². The number of nitrogens with zero attached hydrogens (tertiary/aromatic N) is 1. The molecule has 0 aromatic rings. The highest BCUT2D eigenvalue weighted by molar-refractivity contribution is 5.34. The van der Waals surface area contributed by atoms with Crippen LogP contribution in [0.25, 0.3) is 0 Å². The van der Waals surface area contributed by atoms with Crippen molar-refractivity contribution < 1.29 is 0 Å². The van der Waals surface area contributed by atoms with E-state index in [1.54, 1.807) is 0 Å². The van der Waals surface area contributed by atoms with Crippen molar-refractivity contribution in [3.8, 4) is 0 Å². The predicted molar refractivity (Wildman–Crippen MR) is 58.5 cm³/mol. The van der Waals surface area contributed by atoms with E-state index in [0.29, 0.717) is 0 Å². The first kappa shape index (κ1) is 10.1. The van der Waals surface area contributed by atoms with E-state index < -0.39 is 0 Å². The highest BCUT2D eigenvalue weighted by Crippen LogP contribution is 2.24. The summed E-state index contributed by atoms with van der Waals surface area (Å²) in [6, 6.07) is 0. The summed E-state index contributed by atoms with van der Waals surface area (Å²) in [6.45, 7) is 11.3. The van der Waals surface area contributed by atoms with Crippen molar-refractivity contribution in [3.63, 3.8) is 0 Å². The van der Waals surface area contributed by atoms with Gasteiger partial charge in [0, 0.05) is 19.3 Å². The Labute approximate surface area is 81.4 Å². The highest BCUT2D eigenvalue weighted by Gasteiger charge is 2.13. The van der Waals surface area contributed by atoms with E-state index >= 15 is 0 Å². The van der Waals surface area contributed by atoms with Gasteiger partial charge in [-0.1, -0.05) is 25.7 Å². The van der Waals surface area contributed by atoms with Gasteiger partial charge in [-0.2, -0.15) is 0 Å². The van der Waals surface area contributed by atoms with Gasteiger partial charge in [0.25, 0.3) is 0 Å². The molecular formula is C12H19N. The number of hydrogen-bond acceptors (Lipinski definition) is 1. The third-order valence-electron chi connectivity index (χ3n) is 2.54. The molecule has 1 aliphatic rings. The van der Waals surface area contributed by atoms with Gasteiger partial charge >= 0.3 is 0 Å². The van der Waals surface area contributed by atoms with Crippen LogP contribution in [0.15, 0.2) is 36.1 Å². The number of piperidine rings is 1. The summed E-state index contributed by atoms with van der Waals surface area (Å²) in [6.07, 6.45) is 5.55.